The SMILES string of the molecule is C=CCOC(=O)N[C@@H](CC)C(=O)CO.C=CCOC(=O)N[C@@H](CC)C(=O)COCc1ccccc1Cl. The molecule has 0 spiro atoms. The molecule has 0 unspecified atom stereocenters. The molecule has 200 valence electrons. The van der Waals surface area contributed by atoms with Gasteiger partial charge in [0.2, 0.25) is 0 Å². The van der Waals surface area contributed by atoms with Gasteiger partial charge in [0.15, 0.2) is 11.6 Å². The fourth-order valence-electron chi connectivity index (χ4n) is 2.55. The van der Waals surface area contributed by atoms with Gasteiger partial charge >= 0.3 is 12.2 Å². The zero-order valence-electron chi connectivity index (χ0n) is 20.7. The second-order valence-electron chi connectivity index (χ2n) is 7.16. The van der Waals surface area contributed by atoms with Crippen molar-refractivity contribution in [3.63, 3.8) is 0 Å². The fraction of sp³-hybridized carbons (Fsp3) is 0.440. The summed E-state index contributed by atoms with van der Waals surface area (Å²) in [7, 11) is 0. The number of halogens is 1. The van der Waals surface area contributed by atoms with Crippen molar-refractivity contribution in [1.29, 1.82) is 0 Å². The number of rotatable bonds is 15. The minimum Gasteiger partial charge on any atom is -0.445 e. The molecule has 0 heterocycles. The van der Waals surface area contributed by atoms with Gasteiger partial charge < -0.3 is 30.0 Å². The molecule has 0 aromatic heterocycles. The molecule has 2 amide bonds. The van der Waals surface area contributed by atoms with Gasteiger partial charge in [-0.2, -0.15) is 0 Å². The average Bonchev–Trinajstić information content (AvgIpc) is 2.88. The van der Waals surface area contributed by atoms with E-state index in [9.17, 15) is 19.2 Å². The van der Waals surface area contributed by atoms with Crippen LogP contribution in [0.5, 0.6) is 0 Å². The average molecular weight is 527 g/mol. The van der Waals surface area contributed by atoms with E-state index in [2.05, 4.69) is 28.5 Å². The molecular formula is C25H35ClN2O8. The number of carbonyl (C=O) groups excluding carboxylic acids is 4. The molecule has 11 heteroatoms. The number of hydrogen-bond acceptors (Lipinski definition) is 8. The number of ketones is 2. The summed E-state index contributed by atoms with van der Waals surface area (Å²) >= 11 is 6.00. The Labute approximate surface area is 216 Å². The summed E-state index contributed by atoms with van der Waals surface area (Å²) in [5.41, 5.74) is 0.809. The summed E-state index contributed by atoms with van der Waals surface area (Å²) in [6, 6.07) is 5.94. The van der Waals surface area contributed by atoms with E-state index in [0.29, 0.717) is 17.9 Å². The van der Waals surface area contributed by atoms with Crippen molar-refractivity contribution in [3.05, 3.63) is 60.2 Å². The number of nitrogens with one attached hydrogen (secondary N) is 2. The maximum atomic E-state index is 12.0. The number of carbonyl (C=O) groups is 4. The molecule has 0 aliphatic carbocycles. The first-order valence-corrected chi connectivity index (χ1v) is 11.7. The molecule has 1 aromatic carbocycles. The molecule has 0 aliphatic rings. The van der Waals surface area contributed by atoms with Crippen LogP contribution in [0.1, 0.15) is 32.3 Å². The molecule has 0 aliphatic heterocycles. The second kappa shape index (κ2) is 20.0. The highest BCUT2D eigenvalue weighted by Crippen LogP contribution is 2.15. The Morgan fingerprint density at radius 2 is 1.44 bits per heavy atom. The van der Waals surface area contributed by atoms with Crippen molar-refractivity contribution in [2.45, 2.75) is 45.4 Å². The highest BCUT2D eigenvalue weighted by Gasteiger charge is 2.20. The Morgan fingerprint density at radius 1 is 0.944 bits per heavy atom. The number of benzene rings is 1. The van der Waals surface area contributed by atoms with E-state index in [1.165, 1.54) is 12.2 Å². The molecule has 2 atom stereocenters. The number of aliphatic hydroxyl groups excluding tert-OH is 1. The lowest BCUT2D eigenvalue weighted by molar-refractivity contribution is -0.126. The molecule has 0 saturated carbocycles. The molecule has 10 nitrogen and oxygen atoms in total. The molecule has 0 radical (unpaired) electrons. The number of Topliss-reactive ketones (excluding diaryl/α,β-unsaturated/α-hetero) is 2. The van der Waals surface area contributed by atoms with Gasteiger partial charge in [0.1, 0.15) is 26.4 Å². The maximum Gasteiger partial charge on any atom is 0.408 e. The van der Waals surface area contributed by atoms with Gasteiger partial charge in [0, 0.05) is 5.02 Å². The quantitative estimate of drug-likeness (QED) is 0.295. The molecule has 3 N–H and O–H groups in total. The van der Waals surface area contributed by atoms with E-state index in [1.807, 2.05) is 18.2 Å². The Hall–Kier alpha value is -3.21. The van der Waals surface area contributed by atoms with Crippen LogP contribution in [0.15, 0.2) is 49.6 Å². The summed E-state index contributed by atoms with van der Waals surface area (Å²) < 4.78 is 14.8. The van der Waals surface area contributed by atoms with Crippen LogP contribution in [0.4, 0.5) is 9.59 Å². The fourth-order valence-corrected chi connectivity index (χ4v) is 2.74. The molecule has 0 bridgehead atoms. The molecule has 36 heavy (non-hydrogen) atoms. The Kier molecular flexibility index (Phi) is 18.2. The Morgan fingerprint density at radius 3 is 1.89 bits per heavy atom. The first-order valence-electron chi connectivity index (χ1n) is 11.3. The lowest BCUT2D eigenvalue weighted by Crippen LogP contribution is -2.42. The van der Waals surface area contributed by atoms with Crippen molar-refractivity contribution in [2.75, 3.05) is 26.4 Å². The number of ether oxygens (including phenoxy) is 3. The summed E-state index contributed by atoms with van der Waals surface area (Å²) in [5, 5.41) is 14.0. The van der Waals surface area contributed by atoms with E-state index in [-0.39, 0.29) is 32.2 Å². The van der Waals surface area contributed by atoms with Crippen LogP contribution in [0.25, 0.3) is 0 Å². The number of alkyl carbamates (subject to hydrolysis) is 2. The van der Waals surface area contributed by atoms with E-state index in [0.717, 1.165) is 5.56 Å². The number of hydrogen-bond donors (Lipinski definition) is 3. The molecule has 0 saturated heterocycles. The predicted octanol–water partition coefficient (Wildman–Crippen LogP) is 3.36. The molecule has 1 rings (SSSR count). The van der Waals surface area contributed by atoms with Gasteiger partial charge in [-0.1, -0.05) is 69.0 Å². The predicted molar refractivity (Wildman–Crippen MR) is 136 cm³/mol. The Bertz CT molecular complexity index is 862. The van der Waals surface area contributed by atoms with Gasteiger partial charge in [-0.25, -0.2) is 9.59 Å². The third-order valence-electron chi connectivity index (χ3n) is 4.46. The van der Waals surface area contributed by atoms with Crippen LogP contribution in [-0.2, 0) is 30.4 Å². The first-order chi connectivity index (χ1) is 17.2. The molecular weight excluding hydrogens is 492 g/mol. The van der Waals surface area contributed by atoms with Gasteiger partial charge in [0.25, 0.3) is 0 Å². The van der Waals surface area contributed by atoms with E-state index < -0.39 is 36.7 Å². The standard InChI is InChI=1S/C16H20ClNO4.C9H15NO4/c1-3-9-22-16(20)18-14(4-2)15(19)11-21-10-12-7-5-6-8-13(12)17;1-3-5-14-9(13)10-7(4-2)8(12)6-11/h3,5-8,14H,1,4,9-11H2,2H3,(H,18,20);3,7,11H,1,4-6H2,2H3,(H,10,13)/t14-;7-/m00/s1. The van der Waals surface area contributed by atoms with Crippen molar-refractivity contribution < 1.29 is 38.5 Å². The van der Waals surface area contributed by atoms with E-state index >= 15 is 0 Å². The first kappa shape index (κ1) is 32.8. The van der Waals surface area contributed by atoms with Crippen molar-refractivity contribution in [2.24, 2.45) is 0 Å². The van der Waals surface area contributed by atoms with Gasteiger partial charge in [-0.05, 0) is 24.5 Å². The largest absolute Gasteiger partial charge is 0.445 e. The van der Waals surface area contributed by atoms with Crippen molar-refractivity contribution >= 4 is 35.4 Å². The molecule has 1 aromatic rings. The van der Waals surface area contributed by atoms with Crippen LogP contribution in [0.2, 0.25) is 5.02 Å². The maximum absolute atomic E-state index is 12.0. The van der Waals surface area contributed by atoms with Crippen molar-refractivity contribution in [1.82, 2.24) is 10.6 Å². The summed E-state index contributed by atoms with van der Waals surface area (Å²) in [5.74, 6) is -0.645. The normalized spacial score (nSPS) is 11.6. The lowest BCUT2D eigenvalue weighted by atomic mass is 10.1. The van der Waals surface area contributed by atoms with Gasteiger partial charge in [0.05, 0.1) is 18.7 Å². The highest BCUT2D eigenvalue weighted by molar-refractivity contribution is 6.31. The van der Waals surface area contributed by atoms with Crippen LogP contribution < -0.4 is 10.6 Å². The minimum atomic E-state index is -0.683. The summed E-state index contributed by atoms with van der Waals surface area (Å²) in [4.78, 5) is 45.4. The van der Waals surface area contributed by atoms with Gasteiger partial charge in [-0.3, -0.25) is 9.59 Å². The zero-order chi connectivity index (χ0) is 27.3. The zero-order valence-corrected chi connectivity index (χ0v) is 21.4. The van der Waals surface area contributed by atoms with Crippen LogP contribution in [0, 0.1) is 0 Å². The minimum absolute atomic E-state index is 0.0928. The summed E-state index contributed by atoms with van der Waals surface area (Å²) in [6.45, 7) is 10.1. The highest BCUT2D eigenvalue weighted by atomic mass is 35.5. The Balaban J connectivity index is 0.000000757. The smallest absolute Gasteiger partial charge is 0.408 e. The lowest BCUT2D eigenvalue weighted by Gasteiger charge is -2.15. The van der Waals surface area contributed by atoms with Gasteiger partial charge in [-0.15, -0.1) is 0 Å². The second-order valence-corrected chi connectivity index (χ2v) is 7.57. The summed E-state index contributed by atoms with van der Waals surface area (Å²) in [6.07, 6.45) is 2.42. The van der Waals surface area contributed by atoms with E-state index in [4.69, 9.17) is 26.2 Å². The third-order valence-corrected chi connectivity index (χ3v) is 4.83. The topological polar surface area (TPSA) is 140 Å². The number of amides is 2. The van der Waals surface area contributed by atoms with Crippen molar-refractivity contribution in [3.8, 4) is 0 Å². The van der Waals surface area contributed by atoms with Crippen LogP contribution in [0.3, 0.4) is 0 Å². The third kappa shape index (κ3) is 14.2. The van der Waals surface area contributed by atoms with Crippen LogP contribution >= 0.6 is 11.6 Å². The molecule has 0 fully saturated rings. The van der Waals surface area contributed by atoms with E-state index in [1.54, 1.807) is 19.9 Å². The monoisotopic (exact) mass is 526 g/mol. The van der Waals surface area contributed by atoms with Crippen LogP contribution in [-0.4, -0.2) is 67.4 Å². The number of aliphatic hydroxyl groups is 1.